The molecule has 1 aromatic rings. The molecule has 0 saturated carbocycles. The zero-order chi connectivity index (χ0) is 16.2. The van der Waals surface area contributed by atoms with E-state index in [1.807, 2.05) is 5.32 Å². The maximum atomic E-state index is 11.9. The van der Waals surface area contributed by atoms with E-state index in [2.05, 4.69) is 0 Å². The lowest BCUT2D eigenvalue weighted by molar-refractivity contribution is -0.385. The van der Waals surface area contributed by atoms with E-state index in [0.29, 0.717) is 5.56 Å². The second-order valence-corrected chi connectivity index (χ2v) is 4.24. The van der Waals surface area contributed by atoms with Gasteiger partial charge in [0, 0.05) is 6.07 Å². The van der Waals surface area contributed by atoms with Gasteiger partial charge in [-0.2, -0.15) is 0 Å². The first-order valence-electron chi connectivity index (χ1n) is 5.73. The van der Waals surface area contributed by atoms with Crippen LogP contribution in [0.5, 0.6) is 0 Å². The normalized spacial score (nSPS) is 11.5. The number of carboxylic acids is 2. The number of aryl methyl sites for hydroxylation is 1. The molecule has 0 aliphatic heterocycles. The largest absolute Gasteiger partial charge is 0.481 e. The molecule has 112 valence electrons. The highest BCUT2D eigenvalue weighted by Gasteiger charge is 2.27. The summed E-state index contributed by atoms with van der Waals surface area (Å²) in [6, 6.07) is 2.11. The SMILES string of the molecule is Cc1ccc([N+](=O)[O-])c(C(=O)N[C@@H](CC(=O)O)C(=O)O)c1. The van der Waals surface area contributed by atoms with Gasteiger partial charge in [-0.05, 0) is 18.6 Å². The van der Waals surface area contributed by atoms with Crippen LogP contribution in [0.1, 0.15) is 22.3 Å². The van der Waals surface area contributed by atoms with Crippen LogP contribution in [-0.4, -0.2) is 39.0 Å². The molecular weight excluding hydrogens is 284 g/mol. The molecule has 0 spiro atoms. The Morgan fingerprint density at radius 2 is 1.95 bits per heavy atom. The summed E-state index contributed by atoms with van der Waals surface area (Å²) < 4.78 is 0. The fourth-order valence-electron chi connectivity index (χ4n) is 1.60. The van der Waals surface area contributed by atoms with Crippen molar-refractivity contribution in [1.29, 1.82) is 0 Å². The van der Waals surface area contributed by atoms with Gasteiger partial charge in [0.1, 0.15) is 11.6 Å². The maximum Gasteiger partial charge on any atom is 0.326 e. The molecule has 1 amide bonds. The average Bonchev–Trinajstić information content (AvgIpc) is 2.36. The van der Waals surface area contributed by atoms with Crippen molar-refractivity contribution >= 4 is 23.5 Å². The van der Waals surface area contributed by atoms with Crippen LogP contribution >= 0.6 is 0 Å². The van der Waals surface area contributed by atoms with Crippen molar-refractivity contribution in [3.05, 3.63) is 39.4 Å². The van der Waals surface area contributed by atoms with Crippen molar-refractivity contribution in [2.24, 2.45) is 0 Å². The Kier molecular flexibility index (Phi) is 4.95. The molecular formula is C12H12N2O7. The third-order valence-electron chi connectivity index (χ3n) is 2.58. The van der Waals surface area contributed by atoms with Crippen LogP contribution in [0.15, 0.2) is 18.2 Å². The lowest BCUT2D eigenvalue weighted by Crippen LogP contribution is -2.42. The van der Waals surface area contributed by atoms with E-state index < -0.39 is 40.9 Å². The second kappa shape index (κ2) is 6.46. The summed E-state index contributed by atoms with van der Waals surface area (Å²) in [6.07, 6.45) is -0.833. The molecule has 0 bridgehead atoms. The highest BCUT2D eigenvalue weighted by molar-refractivity contribution is 6.00. The number of nitrogens with one attached hydrogen (secondary N) is 1. The van der Waals surface area contributed by atoms with Crippen LogP contribution in [0.2, 0.25) is 0 Å². The number of carbonyl (C=O) groups excluding carboxylic acids is 1. The van der Waals surface area contributed by atoms with Crippen molar-refractivity contribution in [3.8, 4) is 0 Å². The number of carbonyl (C=O) groups is 3. The molecule has 0 aromatic heterocycles. The number of benzene rings is 1. The summed E-state index contributed by atoms with van der Waals surface area (Å²) in [5, 5.41) is 30.2. The van der Waals surface area contributed by atoms with Gasteiger partial charge >= 0.3 is 11.9 Å². The first-order valence-corrected chi connectivity index (χ1v) is 5.73. The molecule has 1 aromatic carbocycles. The highest BCUT2D eigenvalue weighted by atomic mass is 16.6. The van der Waals surface area contributed by atoms with Gasteiger partial charge in [0.2, 0.25) is 0 Å². The zero-order valence-corrected chi connectivity index (χ0v) is 10.9. The van der Waals surface area contributed by atoms with Gasteiger partial charge in [-0.25, -0.2) is 4.79 Å². The zero-order valence-electron chi connectivity index (χ0n) is 10.9. The van der Waals surface area contributed by atoms with Crippen LogP contribution < -0.4 is 5.32 Å². The molecule has 0 unspecified atom stereocenters. The number of amides is 1. The monoisotopic (exact) mass is 296 g/mol. The standard InChI is InChI=1S/C12H12N2O7/c1-6-2-3-9(14(20)21)7(4-6)11(17)13-8(12(18)19)5-10(15)16/h2-4,8H,5H2,1H3,(H,13,17)(H,15,16)(H,18,19)/t8-/m0/s1. The van der Waals surface area contributed by atoms with Gasteiger partial charge in [0.25, 0.3) is 11.6 Å². The van der Waals surface area contributed by atoms with Crippen LogP contribution in [0.4, 0.5) is 5.69 Å². The van der Waals surface area contributed by atoms with Gasteiger partial charge < -0.3 is 15.5 Å². The fraction of sp³-hybridized carbons (Fsp3) is 0.250. The number of aliphatic carboxylic acids is 2. The summed E-state index contributed by atoms with van der Waals surface area (Å²) in [7, 11) is 0. The van der Waals surface area contributed by atoms with Crippen LogP contribution in [0, 0.1) is 17.0 Å². The molecule has 9 nitrogen and oxygen atoms in total. The lowest BCUT2D eigenvalue weighted by atomic mass is 10.1. The third-order valence-corrected chi connectivity index (χ3v) is 2.58. The number of hydrogen-bond donors (Lipinski definition) is 3. The Morgan fingerprint density at radius 3 is 2.43 bits per heavy atom. The Bertz CT molecular complexity index is 612. The smallest absolute Gasteiger partial charge is 0.326 e. The van der Waals surface area contributed by atoms with Crippen molar-refractivity contribution in [1.82, 2.24) is 5.32 Å². The van der Waals surface area contributed by atoms with Crippen LogP contribution in [0.3, 0.4) is 0 Å². The number of nitrogens with zero attached hydrogens (tertiary/aromatic N) is 1. The topological polar surface area (TPSA) is 147 Å². The average molecular weight is 296 g/mol. The van der Waals surface area contributed by atoms with E-state index in [0.717, 1.165) is 6.07 Å². The summed E-state index contributed by atoms with van der Waals surface area (Å²) in [4.78, 5) is 43.4. The van der Waals surface area contributed by atoms with Gasteiger partial charge in [-0.3, -0.25) is 19.7 Å². The van der Waals surface area contributed by atoms with E-state index in [9.17, 15) is 24.5 Å². The lowest BCUT2D eigenvalue weighted by Gasteiger charge is -2.12. The molecule has 0 aliphatic rings. The fourth-order valence-corrected chi connectivity index (χ4v) is 1.60. The molecule has 9 heteroatoms. The Balaban J connectivity index is 3.07. The Hall–Kier alpha value is -2.97. The van der Waals surface area contributed by atoms with E-state index in [1.165, 1.54) is 12.1 Å². The molecule has 0 aliphatic carbocycles. The quantitative estimate of drug-likeness (QED) is 0.513. The number of nitro groups is 1. The highest BCUT2D eigenvalue weighted by Crippen LogP contribution is 2.20. The van der Waals surface area contributed by atoms with Crippen molar-refractivity contribution in [3.63, 3.8) is 0 Å². The molecule has 1 rings (SSSR count). The summed E-state index contributed by atoms with van der Waals surface area (Å²) in [5.41, 5.74) is -0.245. The van der Waals surface area contributed by atoms with E-state index in [-0.39, 0.29) is 5.56 Å². The molecule has 0 saturated heterocycles. The molecule has 21 heavy (non-hydrogen) atoms. The maximum absolute atomic E-state index is 11.9. The van der Waals surface area contributed by atoms with E-state index >= 15 is 0 Å². The van der Waals surface area contributed by atoms with Crippen molar-refractivity contribution in [2.75, 3.05) is 0 Å². The minimum Gasteiger partial charge on any atom is -0.481 e. The Morgan fingerprint density at radius 1 is 1.33 bits per heavy atom. The van der Waals surface area contributed by atoms with Gasteiger partial charge in [0.15, 0.2) is 0 Å². The van der Waals surface area contributed by atoms with E-state index in [4.69, 9.17) is 10.2 Å². The first kappa shape index (κ1) is 16.1. The third kappa shape index (κ3) is 4.27. The predicted molar refractivity (Wildman–Crippen MR) is 69.0 cm³/mol. The number of rotatable bonds is 6. The Labute approximate surface area is 118 Å². The number of hydrogen-bond acceptors (Lipinski definition) is 5. The van der Waals surface area contributed by atoms with Crippen molar-refractivity contribution < 1.29 is 29.5 Å². The van der Waals surface area contributed by atoms with Crippen molar-refractivity contribution in [2.45, 2.75) is 19.4 Å². The van der Waals surface area contributed by atoms with Gasteiger partial charge in [-0.1, -0.05) is 6.07 Å². The van der Waals surface area contributed by atoms with Gasteiger partial charge in [0.05, 0.1) is 11.3 Å². The summed E-state index contributed by atoms with van der Waals surface area (Å²) in [6.45, 7) is 1.60. The summed E-state index contributed by atoms with van der Waals surface area (Å²) in [5.74, 6) is -3.97. The van der Waals surface area contributed by atoms with E-state index in [1.54, 1.807) is 6.92 Å². The molecule has 1 atom stereocenters. The van der Waals surface area contributed by atoms with Crippen LogP contribution in [-0.2, 0) is 9.59 Å². The number of carboxylic acid groups (broad SMARTS) is 2. The molecule has 0 radical (unpaired) electrons. The minimum absolute atomic E-state index is 0.323. The molecule has 3 N–H and O–H groups in total. The molecule has 0 fully saturated rings. The van der Waals surface area contributed by atoms with Gasteiger partial charge in [-0.15, -0.1) is 0 Å². The second-order valence-electron chi connectivity index (χ2n) is 4.24. The van der Waals surface area contributed by atoms with Crippen LogP contribution in [0.25, 0.3) is 0 Å². The first-order chi connectivity index (χ1) is 9.72. The number of nitro benzene ring substituents is 1. The molecule has 0 heterocycles. The predicted octanol–water partition coefficient (Wildman–Crippen LogP) is 0.561. The summed E-state index contributed by atoms with van der Waals surface area (Å²) >= 11 is 0. The minimum atomic E-state index is -1.67.